The molecule has 0 saturated heterocycles. The molecule has 0 aliphatic heterocycles. The predicted molar refractivity (Wildman–Crippen MR) is 33.8 cm³/mol. The zero-order valence-corrected chi connectivity index (χ0v) is 5.57. The van der Waals surface area contributed by atoms with Gasteiger partial charge in [-0.05, 0) is 19.8 Å². The van der Waals surface area contributed by atoms with Gasteiger partial charge in [-0.1, -0.05) is 17.7 Å². The third kappa shape index (κ3) is 0.884. The standard InChI is InChI=1S/C6H9ClO/c1-6(8)4-2-3-5(6)7/h3,8H,2,4H2,1H3. The van der Waals surface area contributed by atoms with E-state index in [2.05, 4.69) is 0 Å². The van der Waals surface area contributed by atoms with Crippen LogP contribution in [-0.4, -0.2) is 10.7 Å². The lowest BCUT2D eigenvalue weighted by molar-refractivity contribution is 0.107. The van der Waals surface area contributed by atoms with Crippen molar-refractivity contribution >= 4 is 11.6 Å². The third-order valence-electron chi connectivity index (χ3n) is 1.47. The maximum absolute atomic E-state index is 9.26. The van der Waals surface area contributed by atoms with Crippen molar-refractivity contribution in [3.63, 3.8) is 0 Å². The van der Waals surface area contributed by atoms with E-state index in [1.807, 2.05) is 6.08 Å². The third-order valence-corrected chi connectivity index (χ3v) is 2.03. The summed E-state index contributed by atoms with van der Waals surface area (Å²) in [4.78, 5) is 0. The Balaban J connectivity index is 2.73. The van der Waals surface area contributed by atoms with Gasteiger partial charge in [0.25, 0.3) is 0 Å². The lowest BCUT2D eigenvalue weighted by Crippen LogP contribution is -2.19. The molecule has 0 aromatic carbocycles. The highest BCUT2D eigenvalue weighted by Crippen LogP contribution is 2.31. The van der Waals surface area contributed by atoms with Gasteiger partial charge in [0.05, 0.1) is 5.60 Å². The van der Waals surface area contributed by atoms with Crippen molar-refractivity contribution in [3.05, 3.63) is 11.1 Å². The lowest BCUT2D eigenvalue weighted by atomic mass is 10.1. The largest absolute Gasteiger partial charge is 0.385 e. The number of rotatable bonds is 0. The summed E-state index contributed by atoms with van der Waals surface area (Å²) in [5, 5.41) is 9.86. The summed E-state index contributed by atoms with van der Waals surface area (Å²) in [7, 11) is 0. The Hall–Kier alpha value is -0.0100. The van der Waals surface area contributed by atoms with Crippen LogP contribution in [0.15, 0.2) is 11.1 Å². The average Bonchev–Trinajstić information content (AvgIpc) is 1.86. The predicted octanol–water partition coefficient (Wildman–Crippen LogP) is 1.65. The van der Waals surface area contributed by atoms with E-state index >= 15 is 0 Å². The van der Waals surface area contributed by atoms with Crippen molar-refractivity contribution in [1.29, 1.82) is 0 Å². The monoisotopic (exact) mass is 132 g/mol. The highest BCUT2D eigenvalue weighted by molar-refractivity contribution is 6.30. The molecule has 2 heteroatoms. The van der Waals surface area contributed by atoms with Crippen molar-refractivity contribution in [1.82, 2.24) is 0 Å². The maximum Gasteiger partial charge on any atom is 0.0973 e. The molecule has 1 nitrogen and oxygen atoms in total. The molecule has 0 saturated carbocycles. The van der Waals surface area contributed by atoms with Gasteiger partial charge in [-0.15, -0.1) is 0 Å². The van der Waals surface area contributed by atoms with Crippen LogP contribution in [0.2, 0.25) is 0 Å². The maximum atomic E-state index is 9.26. The summed E-state index contributed by atoms with van der Waals surface area (Å²) in [6, 6.07) is 0. The summed E-state index contributed by atoms with van der Waals surface area (Å²) < 4.78 is 0. The Morgan fingerprint density at radius 2 is 2.50 bits per heavy atom. The zero-order valence-electron chi connectivity index (χ0n) is 4.82. The molecule has 0 spiro atoms. The minimum Gasteiger partial charge on any atom is -0.385 e. The van der Waals surface area contributed by atoms with Gasteiger partial charge in [0.1, 0.15) is 0 Å². The van der Waals surface area contributed by atoms with Gasteiger partial charge in [-0.2, -0.15) is 0 Å². The fourth-order valence-electron chi connectivity index (χ4n) is 0.819. The van der Waals surface area contributed by atoms with Gasteiger partial charge in [0.2, 0.25) is 0 Å². The van der Waals surface area contributed by atoms with Crippen LogP contribution >= 0.6 is 11.6 Å². The Morgan fingerprint density at radius 3 is 2.62 bits per heavy atom. The van der Waals surface area contributed by atoms with Gasteiger partial charge >= 0.3 is 0 Å². The molecule has 1 aliphatic carbocycles. The summed E-state index contributed by atoms with van der Waals surface area (Å²) in [5.41, 5.74) is -0.721. The van der Waals surface area contributed by atoms with E-state index in [1.54, 1.807) is 6.92 Å². The number of aliphatic hydroxyl groups is 1. The van der Waals surface area contributed by atoms with Crippen LogP contribution in [0.1, 0.15) is 19.8 Å². The van der Waals surface area contributed by atoms with Gasteiger partial charge < -0.3 is 5.11 Å². The Bertz CT molecular complexity index is 126. The topological polar surface area (TPSA) is 20.2 Å². The molecule has 0 bridgehead atoms. The van der Waals surface area contributed by atoms with Crippen molar-refractivity contribution in [3.8, 4) is 0 Å². The second-order valence-corrected chi connectivity index (χ2v) is 2.77. The Kier molecular flexibility index (Phi) is 1.33. The van der Waals surface area contributed by atoms with Gasteiger partial charge in [0, 0.05) is 5.03 Å². The molecule has 0 aromatic rings. The molecule has 1 N–H and O–H groups in total. The SMILES string of the molecule is CC1(O)CCC=C1Cl. The van der Waals surface area contributed by atoms with E-state index in [0.717, 1.165) is 12.8 Å². The molecular formula is C6H9ClO. The van der Waals surface area contributed by atoms with Gasteiger partial charge in [-0.3, -0.25) is 0 Å². The zero-order chi connectivity index (χ0) is 6.20. The van der Waals surface area contributed by atoms with Crippen molar-refractivity contribution in [2.24, 2.45) is 0 Å². The number of hydrogen-bond donors (Lipinski definition) is 1. The van der Waals surface area contributed by atoms with Crippen molar-refractivity contribution in [2.45, 2.75) is 25.4 Å². The number of halogens is 1. The first-order valence-corrected chi connectivity index (χ1v) is 3.09. The molecule has 0 aromatic heterocycles. The molecule has 46 valence electrons. The number of allylic oxidation sites excluding steroid dienone is 1. The van der Waals surface area contributed by atoms with E-state index in [-0.39, 0.29) is 0 Å². The summed E-state index contributed by atoms with van der Waals surface area (Å²) in [6.07, 6.45) is 3.54. The Morgan fingerprint density at radius 1 is 1.88 bits per heavy atom. The van der Waals surface area contributed by atoms with E-state index in [1.165, 1.54) is 0 Å². The van der Waals surface area contributed by atoms with Crippen LogP contribution in [0.25, 0.3) is 0 Å². The van der Waals surface area contributed by atoms with Crippen LogP contribution in [0.4, 0.5) is 0 Å². The molecule has 1 rings (SSSR count). The summed E-state index contributed by atoms with van der Waals surface area (Å²) in [6.45, 7) is 1.73. The molecule has 0 fully saturated rings. The molecular weight excluding hydrogens is 124 g/mol. The second-order valence-electron chi connectivity index (χ2n) is 2.36. The van der Waals surface area contributed by atoms with Crippen LogP contribution < -0.4 is 0 Å². The smallest absolute Gasteiger partial charge is 0.0973 e. The molecule has 1 aliphatic rings. The fraction of sp³-hybridized carbons (Fsp3) is 0.667. The van der Waals surface area contributed by atoms with E-state index in [0.29, 0.717) is 5.03 Å². The second kappa shape index (κ2) is 1.74. The highest BCUT2D eigenvalue weighted by atomic mass is 35.5. The molecule has 0 heterocycles. The van der Waals surface area contributed by atoms with Crippen molar-refractivity contribution in [2.75, 3.05) is 0 Å². The van der Waals surface area contributed by atoms with Crippen LogP contribution in [-0.2, 0) is 0 Å². The van der Waals surface area contributed by atoms with Gasteiger partial charge in [-0.25, -0.2) is 0 Å². The van der Waals surface area contributed by atoms with Gasteiger partial charge in [0.15, 0.2) is 0 Å². The summed E-state index contributed by atoms with van der Waals surface area (Å²) in [5.74, 6) is 0. The van der Waals surface area contributed by atoms with Crippen LogP contribution in [0.5, 0.6) is 0 Å². The number of hydrogen-bond acceptors (Lipinski definition) is 1. The van der Waals surface area contributed by atoms with E-state index < -0.39 is 5.60 Å². The fourth-order valence-corrected chi connectivity index (χ4v) is 1.02. The van der Waals surface area contributed by atoms with E-state index in [4.69, 9.17) is 11.6 Å². The molecule has 8 heavy (non-hydrogen) atoms. The quantitative estimate of drug-likeness (QED) is 0.532. The average molecular weight is 133 g/mol. The first-order valence-electron chi connectivity index (χ1n) is 2.71. The van der Waals surface area contributed by atoms with Crippen molar-refractivity contribution < 1.29 is 5.11 Å². The normalized spacial score (nSPS) is 37.6. The molecule has 1 atom stereocenters. The molecule has 0 radical (unpaired) electrons. The van der Waals surface area contributed by atoms with Crippen LogP contribution in [0.3, 0.4) is 0 Å². The van der Waals surface area contributed by atoms with Crippen LogP contribution in [0, 0.1) is 0 Å². The minimum absolute atomic E-state index is 0.595. The highest BCUT2D eigenvalue weighted by Gasteiger charge is 2.27. The first-order chi connectivity index (χ1) is 3.63. The summed E-state index contributed by atoms with van der Waals surface area (Å²) >= 11 is 5.61. The minimum atomic E-state index is -0.721. The first kappa shape index (κ1) is 6.12. The lowest BCUT2D eigenvalue weighted by Gasteiger charge is -2.15. The molecule has 1 unspecified atom stereocenters. The van der Waals surface area contributed by atoms with E-state index in [9.17, 15) is 5.11 Å². The molecule has 0 amide bonds. The Labute approximate surface area is 54.0 Å².